The Morgan fingerprint density at radius 1 is 1.41 bits per heavy atom. The number of rotatable bonds is 3. The van der Waals surface area contributed by atoms with Gasteiger partial charge in [0.2, 0.25) is 0 Å². The number of carbonyl (C=O) groups excluding carboxylic acids is 1. The highest BCUT2D eigenvalue weighted by atomic mass is 32.1. The first kappa shape index (κ1) is 11.7. The van der Waals surface area contributed by atoms with Gasteiger partial charge in [0.1, 0.15) is 4.88 Å². The summed E-state index contributed by atoms with van der Waals surface area (Å²) in [5.41, 5.74) is 0.789. The van der Waals surface area contributed by atoms with Gasteiger partial charge in [-0.2, -0.15) is 0 Å². The number of nitrogens with zero attached hydrogens (tertiary/aromatic N) is 3. The van der Waals surface area contributed by atoms with Crippen molar-refractivity contribution in [1.82, 2.24) is 20.3 Å². The fraction of sp³-hybridized carbons (Fsp3) is 0.273. The minimum absolute atomic E-state index is 0.110. The molecule has 0 unspecified atom stereocenters. The van der Waals surface area contributed by atoms with Crippen molar-refractivity contribution in [3.05, 3.63) is 29.0 Å². The predicted molar refractivity (Wildman–Crippen MR) is 65.9 cm³/mol. The molecule has 0 aliphatic carbocycles. The molecule has 0 atom stereocenters. The Balaban J connectivity index is 2.45. The summed E-state index contributed by atoms with van der Waals surface area (Å²) in [6, 6.07) is 1.75. The van der Waals surface area contributed by atoms with E-state index in [2.05, 4.69) is 20.3 Å². The zero-order chi connectivity index (χ0) is 12.3. The molecule has 0 radical (unpaired) electrons. The number of hydrogen-bond acceptors (Lipinski definition) is 5. The number of aryl methyl sites for hydroxylation is 1. The molecule has 0 aliphatic rings. The molecule has 0 spiro atoms. The Bertz CT molecular complexity index is 524. The van der Waals surface area contributed by atoms with Gasteiger partial charge in [-0.15, -0.1) is 11.3 Å². The normalized spacial score (nSPS) is 10.2. The van der Waals surface area contributed by atoms with Crippen LogP contribution in [-0.4, -0.2) is 27.9 Å². The van der Waals surface area contributed by atoms with Crippen LogP contribution in [0.5, 0.6) is 0 Å². The van der Waals surface area contributed by atoms with Gasteiger partial charge in [-0.1, -0.05) is 6.92 Å². The van der Waals surface area contributed by atoms with Crippen molar-refractivity contribution in [1.29, 1.82) is 0 Å². The van der Waals surface area contributed by atoms with E-state index in [-0.39, 0.29) is 5.91 Å². The largest absolute Gasteiger partial charge is 0.354 e. The van der Waals surface area contributed by atoms with Crippen LogP contribution in [-0.2, 0) is 6.42 Å². The van der Waals surface area contributed by atoms with Gasteiger partial charge in [-0.05, 0) is 12.5 Å². The van der Waals surface area contributed by atoms with Gasteiger partial charge in [0.05, 0.1) is 5.69 Å². The zero-order valence-corrected chi connectivity index (χ0v) is 10.4. The van der Waals surface area contributed by atoms with Crippen molar-refractivity contribution in [2.75, 3.05) is 7.05 Å². The summed E-state index contributed by atoms with van der Waals surface area (Å²) < 4.78 is 0. The smallest absolute Gasteiger partial charge is 0.263 e. The van der Waals surface area contributed by atoms with Crippen molar-refractivity contribution >= 4 is 17.2 Å². The fourth-order valence-corrected chi connectivity index (χ4v) is 2.44. The van der Waals surface area contributed by atoms with Crippen LogP contribution in [0.25, 0.3) is 10.8 Å². The maximum absolute atomic E-state index is 11.7. The van der Waals surface area contributed by atoms with Gasteiger partial charge in [-0.3, -0.25) is 4.79 Å². The van der Waals surface area contributed by atoms with E-state index in [4.69, 9.17) is 0 Å². The van der Waals surface area contributed by atoms with Crippen molar-refractivity contribution in [3.63, 3.8) is 0 Å². The van der Waals surface area contributed by atoms with Gasteiger partial charge < -0.3 is 5.32 Å². The summed E-state index contributed by atoms with van der Waals surface area (Å²) in [7, 11) is 1.61. The third kappa shape index (κ3) is 2.31. The van der Waals surface area contributed by atoms with Crippen LogP contribution in [0.2, 0.25) is 0 Å². The molecular formula is C11H12N4OS. The van der Waals surface area contributed by atoms with E-state index in [0.29, 0.717) is 22.1 Å². The minimum Gasteiger partial charge on any atom is -0.354 e. The first-order chi connectivity index (χ1) is 8.26. The molecule has 1 N–H and O–H groups in total. The van der Waals surface area contributed by atoms with Crippen molar-refractivity contribution in [2.24, 2.45) is 0 Å². The molecule has 2 heterocycles. The first-order valence-electron chi connectivity index (χ1n) is 5.25. The summed E-state index contributed by atoms with van der Waals surface area (Å²) in [5, 5.41) is 3.29. The van der Waals surface area contributed by atoms with Crippen LogP contribution >= 0.6 is 11.3 Å². The monoisotopic (exact) mass is 248 g/mol. The van der Waals surface area contributed by atoms with Crippen LogP contribution in [0.4, 0.5) is 0 Å². The van der Waals surface area contributed by atoms with Crippen molar-refractivity contribution < 1.29 is 4.79 Å². The predicted octanol–water partition coefficient (Wildman–Crippen LogP) is 1.52. The Labute approximate surface area is 103 Å². The molecule has 0 bridgehead atoms. The first-order valence-corrected chi connectivity index (χ1v) is 6.07. The third-order valence-corrected chi connectivity index (χ3v) is 3.31. The van der Waals surface area contributed by atoms with Gasteiger partial charge in [0.15, 0.2) is 10.8 Å². The summed E-state index contributed by atoms with van der Waals surface area (Å²) in [6.07, 6.45) is 4.04. The molecule has 0 aliphatic heterocycles. The quantitative estimate of drug-likeness (QED) is 0.894. The minimum atomic E-state index is -0.110. The highest BCUT2D eigenvalue weighted by Crippen LogP contribution is 2.25. The van der Waals surface area contributed by atoms with E-state index in [9.17, 15) is 4.79 Å². The van der Waals surface area contributed by atoms with E-state index >= 15 is 0 Å². The van der Waals surface area contributed by atoms with E-state index in [0.717, 1.165) is 5.69 Å². The van der Waals surface area contributed by atoms with Gasteiger partial charge in [0.25, 0.3) is 5.91 Å². The highest BCUT2D eigenvalue weighted by molar-refractivity contribution is 7.17. The van der Waals surface area contributed by atoms with Gasteiger partial charge >= 0.3 is 0 Å². The molecule has 1 amide bonds. The zero-order valence-electron chi connectivity index (χ0n) is 9.60. The Hall–Kier alpha value is -1.82. The number of carbonyl (C=O) groups is 1. The average molecular weight is 248 g/mol. The Kier molecular flexibility index (Phi) is 3.43. The lowest BCUT2D eigenvalue weighted by atomic mass is 10.3. The molecule has 6 heteroatoms. The van der Waals surface area contributed by atoms with Gasteiger partial charge in [-0.25, -0.2) is 15.0 Å². The highest BCUT2D eigenvalue weighted by Gasteiger charge is 2.17. The summed E-state index contributed by atoms with van der Waals surface area (Å²) in [4.78, 5) is 24.9. The number of aromatic nitrogens is 3. The Morgan fingerprint density at radius 3 is 2.71 bits per heavy atom. The Morgan fingerprint density at radius 2 is 2.12 bits per heavy atom. The standard InChI is InChI=1S/C11H12N4OS/c1-3-7-8(10(16)12-2)17-11(15-7)9-13-5-4-6-14-9/h4-6H,3H2,1-2H3,(H,12,16). The summed E-state index contributed by atoms with van der Waals surface area (Å²) >= 11 is 1.32. The second kappa shape index (κ2) is 5.01. The maximum Gasteiger partial charge on any atom is 0.263 e. The molecular weight excluding hydrogens is 236 g/mol. The SMILES string of the molecule is CCc1nc(-c2ncccn2)sc1C(=O)NC. The lowest BCUT2D eigenvalue weighted by Gasteiger charge is -1.96. The number of thiazole rings is 1. The molecule has 2 aromatic heterocycles. The van der Waals surface area contributed by atoms with Gasteiger partial charge in [0, 0.05) is 19.4 Å². The number of hydrogen-bond donors (Lipinski definition) is 1. The summed E-state index contributed by atoms with van der Waals surface area (Å²) in [6.45, 7) is 1.97. The summed E-state index contributed by atoms with van der Waals surface area (Å²) in [5.74, 6) is 0.448. The second-order valence-electron chi connectivity index (χ2n) is 3.30. The molecule has 0 aromatic carbocycles. The van der Waals surface area contributed by atoms with Crippen LogP contribution in [0.3, 0.4) is 0 Å². The molecule has 2 aromatic rings. The molecule has 2 rings (SSSR count). The number of amides is 1. The van der Waals surface area contributed by atoms with E-state index in [1.807, 2.05) is 6.92 Å². The fourth-order valence-electron chi connectivity index (χ4n) is 1.39. The number of nitrogens with one attached hydrogen (secondary N) is 1. The molecule has 0 saturated heterocycles. The van der Waals surface area contributed by atoms with Crippen LogP contribution in [0, 0.1) is 0 Å². The van der Waals surface area contributed by atoms with E-state index < -0.39 is 0 Å². The molecule has 0 saturated carbocycles. The van der Waals surface area contributed by atoms with Crippen LogP contribution in [0.15, 0.2) is 18.5 Å². The maximum atomic E-state index is 11.7. The van der Waals surface area contributed by atoms with Crippen molar-refractivity contribution in [3.8, 4) is 10.8 Å². The lowest BCUT2D eigenvalue weighted by Crippen LogP contribution is -2.17. The molecule has 88 valence electrons. The van der Waals surface area contributed by atoms with E-state index in [1.54, 1.807) is 25.5 Å². The third-order valence-electron chi connectivity index (χ3n) is 2.22. The molecule has 0 fully saturated rings. The topological polar surface area (TPSA) is 67.8 Å². The average Bonchev–Trinajstić information content (AvgIpc) is 2.83. The van der Waals surface area contributed by atoms with Crippen LogP contribution < -0.4 is 5.32 Å². The molecule has 17 heavy (non-hydrogen) atoms. The van der Waals surface area contributed by atoms with Crippen molar-refractivity contribution in [2.45, 2.75) is 13.3 Å². The van der Waals surface area contributed by atoms with E-state index in [1.165, 1.54) is 11.3 Å². The second-order valence-corrected chi connectivity index (χ2v) is 4.30. The van der Waals surface area contributed by atoms with Crippen LogP contribution in [0.1, 0.15) is 22.3 Å². The molecule has 5 nitrogen and oxygen atoms in total. The lowest BCUT2D eigenvalue weighted by molar-refractivity contribution is 0.0966.